The smallest absolute Gasteiger partial charge is 0.497 e. The van der Waals surface area contributed by atoms with Crippen molar-refractivity contribution in [3.63, 3.8) is 0 Å². The summed E-state index contributed by atoms with van der Waals surface area (Å²) in [7, 11) is 10.7. The molecule has 0 aliphatic rings. The first-order chi connectivity index (χ1) is 61.8. The molecule has 0 N–H and O–H groups in total. The molecule has 0 saturated heterocycles. The first-order valence-corrected chi connectivity index (χ1v) is 53.6. The Morgan fingerprint density at radius 3 is 0.537 bits per heavy atom. The predicted octanol–water partition coefficient (Wildman–Crippen LogP) is 35.8. The van der Waals surface area contributed by atoms with E-state index in [0.29, 0.717) is 0 Å². The maximum absolute atomic E-state index is 9.83. The van der Waals surface area contributed by atoms with E-state index in [0.717, 1.165) is 75.4 Å². The molecule has 0 aromatic heterocycles. The van der Waals surface area contributed by atoms with Gasteiger partial charge in [0, 0.05) is 179 Å². The summed E-state index contributed by atoms with van der Waals surface area (Å²) in [5, 5.41) is 8.40. The summed E-state index contributed by atoms with van der Waals surface area (Å²) in [6, 6.07) is 88.0. The van der Waals surface area contributed by atoms with Gasteiger partial charge in [-0.2, -0.15) is 0 Å². The molecule has 12 nitrogen and oxygen atoms in total. The Morgan fingerprint density at radius 2 is 0.383 bits per heavy atom. The van der Waals surface area contributed by atoms with Crippen molar-refractivity contribution in [1.82, 2.24) is 0 Å². The summed E-state index contributed by atoms with van der Waals surface area (Å²) in [5.41, 5.74) is 24.0. The number of ether oxygens (including phenoxy) is 2. The number of methoxy groups -OCH3 is 2. The van der Waals surface area contributed by atoms with Gasteiger partial charge < -0.3 is 83.7 Å². The normalized spacial score (nSPS) is 9.32. The summed E-state index contributed by atoms with van der Waals surface area (Å²) < 4.78 is 59.8. The standard InChI is InChI=1S/C24H26NO2P.C23H24NP.C22H22NP.C17H28NP.C16H26NP.10CH3.10Cr.5FHNP/c1-18-6-5-7-19(2)24(18)25-16-17-28(22-12-8-20(26-3)9-13-22)23-14-10-21(27-4)11-15-23;1-18-16-19(2)23(20(3)17-18)24-14-15-25(21-10-6-4-7-11-21)22-12-8-5-9-13-22;1-18-10-9-11-19(2)22(18)23-16-17-24(20-12-5-3-6-13-20)21-14-7-4-8-15-21;1-12(2)19(13(3)4)9-8-18-17-15(6)10-14(5)11-16(17)7;1-12(2)18(13(3)4)11-10-17-16-14(5)8-7-9-15(16)6;;;;;;;;;;;;;;;;;;;;;5*1-2-3/h5-16H,17H2,1-4H3;4-14,16-17H,15H2,1-3H3;3-16H,17H2,1-2H3;8,10-13H,9H2,1-7H3;7-10,12-13H,11H2,1-6H3;10*1H3;;;;;;;;;;;5*3H/q;;;;;10*-1;;;;;;5*+2;;;;;/p+5. The Labute approximate surface area is 1030 Å². The van der Waals surface area contributed by atoms with Gasteiger partial charge in [-0.25, -0.2) is 0 Å². The maximum Gasteiger partial charge on any atom is 2.00 e. The molecule has 0 aliphatic carbocycles. The van der Waals surface area contributed by atoms with Crippen LogP contribution >= 0.6 is 84.8 Å². The summed E-state index contributed by atoms with van der Waals surface area (Å²) >= 11 is 0. The number of para-hydroxylation sites is 3. The summed E-state index contributed by atoms with van der Waals surface area (Å²) in [6.45, 7) is 44.4. The van der Waals surface area contributed by atoms with Crippen molar-refractivity contribution >= 4 is 176 Å². The quantitative estimate of drug-likeness (QED) is 0.0219. The second kappa shape index (κ2) is 115. The summed E-state index contributed by atoms with van der Waals surface area (Å²) in [6.07, 6.45) is 15.9. The molecule has 0 aliphatic heterocycles. The van der Waals surface area contributed by atoms with E-state index in [1.807, 2.05) is 24.3 Å². The number of halogens is 5. The molecule has 0 amide bonds. The number of rotatable bonds is 27. The minimum atomic E-state index is -1.00. The van der Waals surface area contributed by atoms with E-state index in [-0.39, 0.29) is 264 Å². The van der Waals surface area contributed by atoms with Gasteiger partial charge in [-0.1, -0.05) is 210 Å². The zero-order chi connectivity index (χ0) is 96.2. The van der Waals surface area contributed by atoms with Gasteiger partial charge in [0.25, 0.3) is 0 Å². The zero-order valence-corrected chi connectivity index (χ0v) is 116. The molecular formula is C112H166Cr10F5N10O2P10+5. The van der Waals surface area contributed by atoms with Crippen molar-refractivity contribution in [3.8, 4) is 11.5 Å². The van der Waals surface area contributed by atoms with Gasteiger partial charge >= 0.3 is 86.8 Å². The van der Waals surface area contributed by atoms with E-state index in [1.165, 1.54) is 117 Å². The summed E-state index contributed by atoms with van der Waals surface area (Å²) in [4.78, 5) is 32.9. The SMILES string of the molecule is COc1ccc([PH+](CC=Nc2c(C)cccc2C)c2ccc(OC)cc2)cc1.Cc1cc(C)c(N=CC[PH+](C(C)C)C(C)C)c(C)c1.Cc1cc(C)c(N=CC[PH+](c2ccccc2)c2ccccc2)c(C)c1.Cc1cccc(C)c1N=CC[PH+](C(C)C)C(C)C.Cc1cccc(C)c1N=CC[PH+](c1ccccc1)c1ccccc1.FN=P.FN=P.FN=P.FN=P.FN=P.[CH3-].[CH3-].[CH3-].[CH3-].[CH3-].[CH3-].[CH3-].[CH3-].[CH3-].[CH3-].[Cr+2].[Cr+2].[Cr+2].[Cr+2].[Cr+2].[Cr].[Cr].[Cr].[Cr].[Cr]. The van der Waals surface area contributed by atoms with Crippen molar-refractivity contribution in [2.75, 3.05) is 45.0 Å². The van der Waals surface area contributed by atoms with Crippen LogP contribution in [0.1, 0.15) is 122 Å². The number of benzene rings is 11. The molecule has 0 bridgehead atoms. The molecule has 11 rings (SSSR count). The van der Waals surface area contributed by atoms with E-state index in [2.05, 4.69) is 439 Å². The predicted molar refractivity (Wildman–Crippen MR) is 649 cm³/mol. The zero-order valence-electron chi connectivity index (χ0n) is 93.2. The van der Waals surface area contributed by atoms with E-state index >= 15 is 0 Å². The van der Waals surface area contributed by atoms with Crippen LogP contribution in [-0.2, 0) is 174 Å². The fourth-order valence-corrected chi connectivity index (χ4v) is 26.5. The van der Waals surface area contributed by atoms with Crippen molar-refractivity contribution in [2.45, 2.75) is 161 Å². The molecular weight excluding hydrogens is 2440 g/mol. The molecule has 816 valence electrons. The first kappa shape index (κ1) is 190. The number of nitrogens with zero attached hydrogens (tertiary/aromatic N) is 10. The van der Waals surface area contributed by atoms with E-state index in [1.54, 1.807) is 39.1 Å². The Morgan fingerprint density at radius 1 is 0.235 bits per heavy atom. The van der Waals surface area contributed by atoms with Crippen molar-refractivity contribution in [1.29, 1.82) is 0 Å². The van der Waals surface area contributed by atoms with Gasteiger partial charge in [0.05, 0.1) is 133 Å². The van der Waals surface area contributed by atoms with Crippen molar-refractivity contribution in [2.24, 2.45) is 49.8 Å². The molecule has 149 heavy (non-hydrogen) atoms. The second-order valence-corrected chi connectivity index (χ2v) is 47.5. The third-order valence-corrected chi connectivity index (χ3v) is 35.8. The molecule has 37 heteroatoms. The fraction of sp³-hybridized carbons (Fsp3) is 0.277. The average molecular weight is 2610 g/mol. The Kier molecular flexibility index (Phi) is 146. The third kappa shape index (κ3) is 76.4. The van der Waals surface area contributed by atoms with Crippen LogP contribution in [0.15, 0.2) is 299 Å². The molecule has 0 atom stereocenters. The van der Waals surface area contributed by atoms with Gasteiger partial charge in [-0.05, 0) is 291 Å². The Hall–Kier alpha value is -3.01. The molecule has 11 aromatic carbocycles. The topological polar surface area (TPSA) is 142 Å². The van der Waals surface area contributed by atoms with Crippen LogP contribution in [0.5, 0.6) is 11.5 Å². The fourth-order valence-electron chi connectivity index (χ4n) is 14.6. The number of aryl methyl sites for hydroxylation is 12. The largest absolute Gasteiger partial charge is 2.00 e. The van der Waals surface area contributed by atoms with Crippen LogP contribution in [0.4, 0.5) is 50.8 Å². The molecule has 0 fully saturated rings. The first-order valence-electron chi connectivity index (χ1n) is 42.5. The van der Waals surface area contributed by atoms with Gasteiger partial charge in [0.15, 0.2) is 0 Å². The van der Waals surface area contributed by atoms with Crippen LogP contribution in [0.3, 0.4) is 0 Å². The number of aliphatic imine (C=N–C) groups is 5. The van der Waals surface area contributed by atoms with Gasteiger partial charge in [0.2, 0.25) is 0 Å². The van der Waals surface area contributed by atoms with Crippen molar-refractivity contribution < 1.29 is 205 Å². The molecule has 0 spiro atoms. The number of hydrogen-bond donors (Lipinski definition) is 0. The monoisotopic (exact) mass is 2610 g/mol. The Bertz CT molecular complexity index is 4970. The number of hydrogen-bond acceptors (Lipinski definition) is 12. The van der Waals surface area contributed by atoms with Gasteiger partial charge in [-0.3, -0.25) is 25.0 Å². The Balaban J connectivity index is -0.0000000784. The minimum absolute atomic E-state index is 0. The second-order valence-electron chi connectivity index (χ2n) is 31.3. The van der Waals surface area contributed by atoms with Gasteiger partial charge in [-0.15, -0.1) is 0 Å². The van der Waals surface area contributed by atoms with Crippen LogP contribution in [-0.4, -0.2) is 98.7 Å². The molecule has 0 heterocycles. The maximum atomic E-state index is 9.83. The van der Waals surface area contributed by atoms with Crippen LogP contribution in [0.2, 0.25) is 0 Å². The van der Waals surface area contributed by atoms with E-state index in [4.69, 9.17) is 34.4 Å². The minimum Gasteiger partial charge on any atom is -0.497 e. The van der Waals surface area contributed by atoms with Crippen LogP contribution in [0.25, 0.3) is 0 Å². The van der Waals surface area contributed by atoms with Crippen molar-refractivity contribution in [3.05, 3.63) is 390 Å². The third-order valence-electron chi connectivity index (χ3n) is 20.6. The molecule has 0 saturated carbocycles. The van der Waals surface area contributed by atoms with Crippen LogP contribution in [0, 0.1) is 157 Å². The van der Waals surface area contributed by atoms with E-state index < -0.39 is 23.8 Å². The molecule has 11 aromatic rings. The van der Waals surface area contributed by atoms with Gasteiger partial charge in [0.1, 0.15) is 30.0 Å². The molecule has 0 radical (unpaired) electrons. The molecule has 0 unspecified atom stereocenters. The average Bonchev–Trinajstić information content (AvgIpc) is 0.848. The summed E-state index contributed by atoms with van der Waals surface area (Å²) in [5.74, 6) is 1.76. The van der Waals surface area contributed by atoms with Crippen LogP contribution < -0.4 is 41.3 Å². The van der Waals surface area contributed by atoms with E-state index in [9.17, 15) is 22.4 Å².